The zero-order valence-electron chi connectivity index (χ0n) is 46.7. The van der Waals surface area contributed by atoms with Crippen LogP contribution in [0.3, 0.4) is 0 Å². The number of rotatable bonds is 12. The van der Waals surface area contributed by atoms with Crippen molar-refractivity contribution in [3.05, 3.63) is 105 Å². The lowest BCUT2D eigenvalue weighted by atomic mass is 10.00. The van der Waals surface area contributed by atoms with Crippen molar-refractivity contribution in [3.8, 4) is 0 Å². The van der Waals surface area contributed by atoms with Gasteiger partial charge in [-0.2, -0.15) is 0 Å². The van der Waals surface area contributed by atoms with Gasteiger partial charge in [0.05, 0.1) is 18.4 Å². The molecule has 2 aliphatic rings. The number of nitrogens with zero attached hydrogens (tertiary/aromatic N) is 6. The number of halogens is 3. The van der Waals surface area contributed by atoms with E-state index < -0.39 is 136 Å². The third-order valence-corrected chi connectivity index (χ3v) is 15.6. The quantitative estimate of drug-likeness (QED) is 0.152. The molecule has 0 radical (unpaired) electrons. The molecule has 0 saturated carbocycles. The molecule has 2 fully saturated rings. The summed E-state index contributed by atoms with van der Waals surface area (Å²) in [7, 11) is 0.691. The number of hydrogen-bond acceptors (Lipinski definition) is 14. The van der Waals surface area contributed by atoms with Crippen LogP contribution in [0.1, 0.15) is 56.2 Å². The Morgan fingerprint density at radius 3 is 1.65 bits per heavy atom. The second-order valence-electron chi connectivity index (χ2n) is 20.3. The van der Waals surface area contributed by atoms with E-state index in [1.807, 2.05) is 5.32 Å². The number of likely N-dealkylation sites (N-methyl/N-ethyl adjacent to an activating group) is 3. The van der Waals surface area contributed by atoms with E-state index in [1.165, 1.54) is 46.3 Å². The van der Waals surface area contributed by atoms with Crippen LogP contribution in [0.5, 0.6) is 0 Å². The number of benzene rings is 3. The summed E-state index contributed by atoms with van der Waals surface area (Å²) < 4.78 is 25.4. The summed E-state index contributed by atoms with van der Waals surface area (Å²) in [6, 6.07) is 3.98. The van der Waals surface area contributed by atoms with Gasteiger partial charge in [0.25, 0.3) is 5.91 Å². The zero-order valence-corrected chi connectivity index (χ0v) is 49.8. The molecule has 2 saturated heterocycles. The Labute approximate surface area is 495 Å². The van der Waals surface area contributed by atoms with Crippen molar-refractivity contribution in [2.75, 3.05) is 59.8 Å². The van der Waals surface area contributed by atoms with Crippen LogP contribution in [0.4, 0.5) is 19.2 Å². The van der Waals surface area contributed by atoms with Gasteiger partial charge in [-0.1, -0.05) is 78.1 Å². The Bertz CT molecular complexity index is 3080. The van der Waals surface area contributed by atoms with Crippen molar-refractivity contribution in [2.24, 2.45) is 0 Å². The highest BCUT2D eigenvalue weighted by molar-refractivity contribution is 7.90. The number of hydrogen-bond donors (Lipinski definition) is 6. The summed E-state index contributed by atoms with van der Waals surface area (Å²) in [4.78, 5) is 161. The number of carbonyl (C=O) groups is 11. The highest BCUT2D eigenvalue weighted by Crippen LogP contribution is 2.24. The predicted molar refractivity (Wildman–Crippen MR) is 305 cm³/mol. The number of aliphatic hydroxyl groups excluding tert-OH is 1. The molecule has 5 unspecified atom stereocenters. The van der Waals surface area contributed by atoms with E-state index in [0.29, 0.717) is 26.5 Å². The van der Waals surface area contributed by atoms with Gasteiger partial charge in [-0.15, -0.1) is 0 Å². The number of amides is 15. The predicted octanol–water partition coefficient (Wildman–Crippen LogP) is 2.36. The van der Waals surface area contributed by atoms with Crippen molar-refractivity contribution >= 4 is 110 Å². The van der Waals surface area contributed by atoms with E-state index in [4.69, 9.17) is 34.8 Å². The van der Waals surface area contributed by atoms with Crippen LogP contribution >= 0.6 is 34.8 Å². The van der Waals surface area contributed by atoms with Gasteiger partial charge in [0.2, 0.25) is 35.4 Å². The highest BCUT2D eigenvalue weighted by atomic mass is 35.5. The van der Waals surface area contributed by atoms with Gasteiger partial charge in [-0.3, -0.25) is 49.1 Å². The van der Waals surface area contributed by atoms with E-state index >= 15 is 4.79 Å². The Morgan fingerprint density at radius 1 is 0.627 bits per heavy atom. The van der Waals surface area contributed by atoms with Crippen LogP contribution in [0.25, 0.3) is 0 Å². The summed E-state index contributed by atoms with van der Waals surface area (Å²) in [6.45, 7) is 1.39. The summed E-state index contributed by atoms with van der Waals surface area (Å²) >= 11 is 19.0. The summed E-state index contributed by atoms with van der Waals surface area (Å²) in [5.41, 5.74) is 1.23. The SMILES string of the molecule is CCCN1C(=O)NC(=O)N(C)C(=O)NCC(=O)NC(=O)N(C)C(Cc2cccc(Cl)c2)C(=O)N(C)C(Cc2cccc(Cl)c2)C(=O)N[C@@H](CCS(C)(=O)=O)C(=O)N2CCCC2C(=O)NC([C@@H](C)O)C(=O)N(C)C(Cc2cccc(Cl)c2)C1=O. The molecule has 0 aliphatic carbocycles. The van der Waals surface area contributed by atoms with Crippen molar-refractivity contribution in [1.82, 2.24) is 56.0 Å². The van der Waals surface area contributed by atoms with Crippen LogP contribution in [-0.4, -0.2) is 211 Å². The Morgan fingerprint density at radius 2 is 1.14 bits per heavy atom. The number of aliphatic hydroxyl groups is 1. The fourth-order valence-electron chi connectivity index (χ4n) is 9.33. The van der Waals surface area contributed by atoms with Crippen molar-refractivity contribution in [3.63, 3.8) is 0 Å². The van der Waals surface area contributed by atoms with Gasteiger partial charge >= 0.3 is 24.1 Å². The number of nitrogens with one attached hydrogen (secondary N) is 5. The fourth-order valence-corrected chi connectivity index (χ4v) is 10.6. The van der Waals surface area contributed by atoms with E-state index in [2.05, 4.69) is 21.3 Å². The summed E-state index contributed by atoms with van der Waals surface area (Å²) in [5, 5.41) is 23.2. The molecule has 2 heterocycles. The van der Waals surface area contributed by atoms with E-state index in [9.17, 15) is 61.5 Å². The molecular weight excluding hydrogens is 1170 g/mol. The first kappa shape index (κ1) is 66.4. The molecule has 3 aromatic rings. The van der Waals surface area contributed by atoms with Crippen molar-refractivity contribution in [2.45, 2.75) is 101 Å². The molecule has 0 aromatic heterocycles. The lowest BCUT2D eigenvalue weighted by Crippen LogP contribution is -2.62. The maximum absolute atomic E-state index is 15.0. The lowest BCUT2D eigenvalue weighted by molar-refractivity contribution is -0.148. The molecule has 25 nitrogen and oxygen atoms in total. The Balaban J connectivity index is 1.63. The maximum atomic E-state index is 15.0. The van der Waals surface area contributed by atoms with Gasteiger partial charge in [-0.05, 0) is 85.7 Å². The van der Waals surface area contributed by atoms with Gasteiger partial charge in [0, 0.05) is 81.9 Å². The van der Waals surface area contributed by atoms with Crippen LogP contribution in [-0.2, 0) is 62.7 Å². The van der Waals surface area contributed by atoms with Crippen LogP contribution in [0.15, 0.2) is 72.8 Å². The molecule has 7 atom stereocenters. The summed E-state index contributed by atoms with van der Waals surface area (Å²) in [6.07, 6.45) is -1.84. The van der Waals surface area contributed by atoms with Crippen LogP contribution in [0, 0.1) is 0 Å². The number of sulfone groups is 1. The fraction of sp³-hybridized carbons (Fsp3) is 0.463. The van der Waals surface area contributed by atoms with Crippen LogP contribution in [0.2, 0.25) is 15.1 Å². The average Bonchev–Trinajstić information content (AvgIpc) is 3.97. The standard InChI is InChI=1S/C54H68Cl3N11O14S/c1-8-21-68-49(75)42(29-34-15-11-18-37(57)26-34)64(4)50(76)44(31(2)69)61-45(71)39-19-12-22-67(39)47(73)38(20-23-83(7,81)82)59-46(72)40(27-32-13-9-16-35(55)24-32)63(3)48(74)41(28-33-14-10-17-36(56)25-33)65(5)52(78)60-43(70)30-58-51(77)66(6)53(79)62-54(68)80/h9-11,13-18,24-26,31,38-42,44,69H,8,12,19-23,27-30H2,1-7H3,(H,58,77)(H,59,72)(H,61,71)(H,60,70,78)(H,62,79,80)/t31-,38+,39?,40?,41?,42?,44?/m1/s1. The number of imide groups is 4. The van der Waals surface area contributed by atoms with E-state index in [-0.39, 0.29) is 66.7 Å². The number of fused-ring (bicyclic) bond motifs is 1. The molecule has 83 heavy (non-hydrogen) atoms. The van der Waals surface area contributed by atoms with Crippen molar-refractivity contribution < 1.29 is 66.3 Å². The molecule has 450 valence electrons. The van der Waals surface area contributed by atoms with Crippen molar-refractivity contribution in [1.29, 1.82) is 0 Å². The monoisotopic (exact) mass is 1230 g/mol. The second-order valence-corrected chi connectivity index (χ2v) is 23.8. The first-order valence-corrected chi connectivity index (χ1v) is 29.5. The van der Waals surface area contributed by atoms with Gasteiger partial charge in [0.15, 0.2) is 0 Å². The molecule has 6 N–H and O–H groups in total. The lowest BCUT2D eigenvalue weighted by Gasteiger charge is -2.36. The first-order valence-electron chi connectivity index (χ1n) is 26.3. The minimum absolute atomic E-state index is 0.0112. The average molecular weight is 1230 g/mol. The largest absolute Gasteiger partial charge is 0.391 e. The molecule has 15 amide bonds. The van der Waals surface area contributed by atoms with E-state index in [1.54, 1.807) is 61.5 Å². The Kier molecular flexibility index (Phi) is 23.8. The Hall–Kier alpha value is -7.39. The van der Waals surface area contributed by atoms with Gasteiger partial charge in [0.1, 0.15) is 46.1 Å². The smallest absolute Gasteiger partial charge is 0.333 e. The molecule has 0 bridgehead atoms. The summed E-state index contributed by atoms with van der Waals surface area (Å²) in [5.74, 6) is -7.65. The minimum atomic E-state index is -3.84. The molecule has 3 aromatic carbocycles. The third-order valence-electron chi connectivity index (χ3n) is 13.9. The molecule has 0 spiro atoms. The molecule has 5 rings (SSSR count). The number of carbonyl (C=O) groups excluding carboxylic acids is 11. The molecule has 2 aliphatic heterocycles. The maximum Gasteiger partial charge on any atom is 0.333 e. The minimum Gasteiger partial charge on any atom is -0.391 e. The number of urea groups is 4. The zero-order chi connectivity index (χ0) is 61.6. The van der Waals surface area contributed by atoms with Gasteiger partial charge < -0.3 is 40.7 Å². The normalized spacial score (nSPS) is 22.7. The second kappa shape index (κ2) is 29.7. The first-order chi connectivity index (χ1) is 39.0. The van der Waals surface area contributed by atoms with Gasteiger partial charge in [-0.25, -0.2) is 32.5 Å². The third kappa shape index (κ3) is 18.3. The topological polar surface area (TPSA) is 322 Å². The molecule has 29 heteroatoms. The van der Waals surface area contributed by atoms with Crippen LogP contribution < -0.4 is 26.6 Å². The van der Waals surface area contributed by atoms with E-state index in [0.717, 1.165) is 32.9 Å². The highest BCUT2D eigenvalue weighted by Gasteiger charge is 2.44. The molecular formula is C54H68Cl3N11O14S.